The second-order valence-electron chi connectivity index (χ2n) is 10.8. The minimum Gasteiger partial charge on any atom is -0.462 e. The van der Waals surface area contributed by atoms with Gasteiger partial charge in [0.15, 0.2) is 5.79 Å². The van der Waals surface area contributed by atoms with E-state index in [-0.39, 0.29) is 29.8 Å². The zero-order valence-corrected chi connectivity index (χ0v) is 20.6. The van der Waals surface area contributed by atoms with Crippen molar-refractivity contribution in [3.8, 4) is 11.1 Å². The molecule has 1 aromatic heterocycles. The SMILES string of the molecule is CC1OC(=O)C2CC3CCC4(CC3[C@@H](/C=C/c3ccc(-c5cccc(C(F)(F)F)c5)cn3)C12)OCCO4. The number of nitrogens with zero attached hydrogens (tertiary/aromatic N) is 1. The number of alkyl halides is 3. The minimum absolute atomic E-state index is 0.0888. The van der Waals surface area contributed by atoms with E-state index in [1.165, 1.54) is 6.07 Å². The molecule has 196 valence electrons. The molecule has 4 aliphatic rings. The molecule has 0 radical (unpaired) electrons. The molecule has 8 heteroatoms. The van der Waals surface area contributed by atoms with Crippen molar-refractivity contribution in [2.24, 2.45) is 29.6 Å². The van der Waals surface area contributed by atoms with E-state index in [0.29, 0.717) is 41.9 Å². The number of pyridine rings is 1. The van der Waals surface area contributed by atoms with Crippen molar-refractivity contribution >= 4 is 12.0 Å². The number of benzene rings is 1. The third-order valence-electron chi connectivity index (χ3n) is 8.77. The van der Waals surface area contributed by atoms with Crippen LogP contribution < -0.4 is 0 Å². The number of hydrogen-bond acceptors (Lipinski definition) is 5. The number of aromatic nitrogens is 1. The predicted molar refractivity (Wildman–Crippen MR) is 130 cm³/mol. The number of carbonyl (C=O) groups is 1. The normalized spacial score (nSPS) is 32.9. The van der Waals surface area contributed by atoms with Crippen LogP contribution in [0.3, 0.4) is 0 Å². The van der Waals surface area contributed by atoms with Crippen LogP contribution in [-0.4, -0.2) is 36.1 Å². The molecule has 0 amide bonds. The lowest BCUT2D eigenvalue weighted by molar-refractivity contribution is -0.206. The zero-order valence-electron chi connectivity index (χ0n) is 20.6. The summed E-state index contributed by atoms with van der Waals surface area (Å²) in [7, 11) is 0. The van der Waals surface area contributed by atoms with Crippen LogP contribution in [0.2, 0.25) is 0 Å². The van der Waals surface area contributed by atoms with Gasteiger partial charge in [-0.1, -0.05) is 24.3 Å². The Labute approximate surface area is 214 Å². The molecule has 5 unspecified atom stereocenters. The van der Waals surface area contributed by atoms with Gasteiger partial charge >= 0.3 is 12.1 Å². The molecule has 4 fully saturated rings. The summed E-state index contributed by atoms with van der Waals surface area (Å²) in [6.07, 6.45) is 4.64. The van der Waals surface area contributed by atoms with E-state index in [0.717, 1.165) is 37.8 Å². The highest BCUT2D eigenvalue weighted by atomic mass is 19.4. The van der Waals surface area contributed by atoms with Crippen molar-refractivity contribution in [3.63, 3.8) is 0 Å². The number of carbonyl (C=O) groups excluding carboxylic acids is 1. The highest BCUT2D eigenvalue weighted by Gasteiger charge is 2.57. The van der Waals surface area contributed by atoms with E-state index < -0.39 is 17.5 Å². The lowest BCUT2D eigenvalue weighted by Gasteiger charge is -2.49. The molecule has 3 heterocycles. The Hall–Kier alpha value is -2.71. The Morgan fingerprint density at radius 2 is 1.92 bits per heavy atom. The first-order valence-electron chi connectivity index (χ1n) is 13.0. The maximum Gasteiger partial charge on any atom is 0.416 e. The molecule has 0 bridgehead atoms. The summed E-state index contributed by atoms with van der Waals surface area (Å²) in [5.74, 6) is 0.214. The molecule has 6 atom stereocenters. The fourth-order valence-electron chi connectivity index (χ4n) is 7.06. The molecule has 2 saturated carbocycles. The zero-order chi connectivity index (χ0) is 25.8. The van der Waals surface area contributed by atoms with Crippen molar-refractivity contribution in [1.82, 2.24) is 4.98 Å². The second kappa shape index (κ2) is 9.24. The Morgan fingerprint density at radius 1 is 1.11 bits per heavy atom. The van der Waals surface area contributed by atoms with E-state index in [2.05, 4.69) is 11.1 Å². The monoisotopic (exact) mass is 513 g/mol. The van der Waals surface area contributed by atoms with E-state index in [9.17, 15) is 18.0 Å². The van der Waals surface area contributed by atoms with Crippen molar-refractivity contribution in [3.05, 3.63) is 59.9 Å². The maximum absolute atomic E-state index is 13.1. The Balaban J connectivity index is 1.26. The number of rotatable bonds is 3. The molecule has 2 aromatic rings. The predicted octanol–water partition coefficient (Wildman–Crippen LogP) is 6.14. The number of fused-ring (bicyclic) bond motifs is 2. The lowest BCUT2D eigenvalue weighted by atomic mass is 9.56. The van der Waals surface area contributed by atoms with E-state index in [1.54, 1.807) is 18.3 Å². The Bertz CT molecular complexity index is 1190. The summed E-state index contributed by atoms with van der Waals surface area (Å²) < 4.78 is 57.1. The first-order chi connectivity index (χ1) is 17.7. The molecule has 2 aliphatic carbocycles. The first-order valence-corrected chi connectivity index (χ1v) is 13.0. The van der Waals surface area contributed by atoms with Gasteiger partial charge < -0.3 is 14.2 Å². The summed E-state index contributed by atoms with van der Waals surface area (Å²) in [5, 5.41) is 0. The molecule has 2 aliphatic heterocycles. The highest BCUT2D eigenvalue weighted by Crippen LogP contribution is 2.56. The van der Waals surface area contributed by atoms with Gasteiger partial charge in [-0.3, -0.25) is 9.78 Å². The summed E-state index contributed by atoms with van der Waals surface area (Å²) in [5.41, 5.74) is 1.12. The van der Waals surface area contributed by atoms with Crippen LogP contribution >= 0.6 is 0 Å². The quantitative estimate of drug-likeness (QED) is 0.462. The van der Waals surface area contributed by atoms with Gasteiger partial charge in [-0.15, -0.1) is 0 Å². The van der Waals surface area contributed by atoms with Crippen LogP contribution in [0, 0.1) is 29.6 Å². The average Bonchev–Trinajstić information content (AvgIpc) is 3.45. The Morgan fingerprint density at radius 3 is 2.65 bits per heavy atom. The first kappa shape index (κ1) is 24.6. The molecule has 6 rings (SSSR count). The van der Waals surface area contributed by atoms with Crippen molar-refractivity contribution in [1.29, 1.82) is 0 Å². The van der Waals surface area contributed by atoms with Gasteiger partial charge in [0.25, 0.3) is 0 Å². The molecule has 37 heavy (non-hydrogen) atoms. The van der Waals surface area contributed by atoms with E-state index >= 15 is 0 Å². The van der Waals surface area contributed by atoms with Crippen LogP contribution in [0.4, 0.5) is 13.2 Å². The number of cyclic esters (lactones) is 1. The van der Waals surface area contributed by atoms with Gasteiger partial charge in [-0.2, -0.15) is 13.2 Å². The number of allylic oxidation sites excluding steroid dienone is 1. The van der Waals surface area contributed by atoms with Gasteiger partial charge in [0.05, 0.1) is 30.4 Å². The summed E-state index contributed by atoms with van der Waals surface area (Å²) in [6.45, 7) is 3.21. The third-order valence-corrected chi connectivity index (χ3v) is 8.77. The van der Waals surface area contributed by atoms with Gasteiger partial charge in [0.1, 0.15) is 6.10 Å². The van der Waals surface area contributed by atoms with Crippen molar-refractivity contribution in [2.45, 2.75) is 50.7 Å². The van der Waals surface area contributed by atoms with E-state index in [1.807, 2.05) is 19.1 Å². The number of ether oxygens (including phenoxy) is 3. The van der Waals surface area contributed by atoms with Gasteiger partial charge in [-0.05, 0) is 67.4 Å². The van der Waals surface area contributed by atoms with Crippen LogP contribution in [0.25, 0.3) is 17.2 Å². The molecule has 2 saturated heterocycles. The smallest absolute Gasteiger partial charge is 0.416 e. The highest BCUT2D eigenvalue weighted by molar-refractivity contribution is 5.75. The number of esters is 1. The topological polar surface area (TPSA) is 57.7 Å². The van der Waals surface area contributed by atoms with Gasteiger partial charge in [0, 0.05) is 30.5 Å². The van der Waals surface area contributed by atoms with Crippen LogP contribution in [0.15, 0.2) is 48.7 Å². The van der Waals surface area contributed by atoms with Crippen LogP contribution in [0.5, 0.6) is 0 Å². The maximum atomic E-state index is 13.1. The fourth-order valence-corrected chi connectivity index (χ4v) is 7.06. The average molecular weight is 514 g/mol. The van der Waals surface area contributed by atoms with Gasteiger partial charge in [0.2, 0.25) is 0 Å². The van der Waals surface area contributed by atoms with Crippen molar-refractivity contribution < 1.29 is 32.2 Å². The summed E-state index contributed by atoms with van der Waals surface area (Å²) in [6, 6.07) is 8.86. The number of halogens is 3. The lowest BCUT2D eigenvalue weighted by Crippen LogP contribution is -2.49. The fraction of sp³-hybridized carbons (Fsp3) is 0.517. The third kappa shape index (κ3) is 4.59. The largest absolute Gasteiger partial charge is 0.462 e. The van der Waals surface area contributed by atoms with Crippen LogP contribution in [-0.2, 0) is 25.2 Å². The van der Waals surface area contributed by atoms with Crippen LogP contribution in [0.1, 0.15) is 43.9 Å². The number of hydrogen-bond donors (Lipinski definition) is 0. The summed E-state index contributed by atoms with van der Waals surface area (Å²) in [4.78, 5) is 17.2. The molecule has 0 N–H and O–H groups in total. The van der Waals surface area contributed by atoms with Crippen molar-refractivity contribution in [2.75, 3.05) is 13.2 Å². The van der Waals surface area contributed by atoms with Gasteiger partial charge in [-0.25, -0.2) is 0 Å². The summed E-state index contributed by atoms with van der Waals surface area (Å²) >= 11 is 0. The molecular weight excluding hydrogens is 483 g/mol. The minimum atomic E-state index is -4.39. The molecule has 1 aromatic carbocycles. The molecule has 5 nitrogen and oxygen atoms in total. The molecule has 1 spiro atoms. The standard InChI is InChI=1S/C29H30F3NO4/c1-17-26-23(25-15-28(35-11-12-36-28)10-9-19(25)14-24(26)27(34)37-17)8-7-22-6-5-20(16-33-22)18-3-2-4-21(13-18)29(30,31)32/h2-8,13,16-17,19,23-26H,9-12,14-15H2,1H3/b8-7+/t17?,19?,23-,24?,25?,26?/m1/s1. The Kier molecular flexibility index (Phi) is 6.15. The molecular formula is C29H30F3NO4. The second-order valence-corrected chi connectivity index (χ2v) is 10.8. The van der Waals surface area contributed by atoms with E-state index in [4.69, 9.17) is 14.2 Å².